The zero-order valence-corrected chi connectivity index (χ0v) is 21.9. The van der Waals surface area contributed by atoms with Crippen LogP contribution in [-0.4, -0.2) is 30.5 Å². The van der Waals surface area contributed by atoms with E-state index in [9.17, 15) is 29.0 Å². The molecule has 18 heteroatoms. The molecule has 6 rings (SSSR count). The SMILES string of the molecule is O=[N+]([O-])c1c(Nc2cc(F)cc(Cl)c2)ccc2nonc12.O=[N+]([O-])c1c(Nc2cc(F)cc(Cl)c2)ccc2nonc12. The average Bonchev–Trinajstić information content (AvgIpc) is 3.57. The summed E-state index contributed by atoms with van der Waals surface area (Å²) in [4.78, 5) is 21.2. The minimum Gasteiger partial charge on any atom is -0.350 e. The molecule has 0 atom stereocenters. The van der Waals surface area contributed by atoms with Gasteiger partial charge in [-0.2, -0.15) is 0 Å². The van der Waals surface area contributed by atoms with E-state index >= 15 is 0 Å². The summed E-state index contributed by atoms with van der Waals surface area (Å²) in [7, 11) is 0. The molecule has 0 amide bonds. The van der Waals surface area contributed by atoms with E-state index in [1.807, 2.05) is 0 Å². The van der Waals surface area contributed by atoms with E-state index in [0.717, 1.165) is 12.1 Å². The van der Waals surface area contributed by atoms with Crippen molar-refractivity contribution in [2.75, 3.05) is 10.6 Å². The van der Waals surface area contributed by atoms with Gasteiger partial charge in [0.25, 0.3) is 0 Å². The number of fused-ring (bicyclic) bond motifs is 2. The third-order valence-electron chi connectivity index (χ3n) is 5.45. The first-order valence-electron chi connectivity index (χ1n) is 11.3. The molecule has 42 heavy (non-hydrogen) atoms. The fraction of sp³-hybridized carbons (Fsp3) is 0. The quantitative estimate of drug-likeness (QED) is 0.140. The normalized spacial score (nSPS) is 10.8. The molecule has 0 aliphatic carbocycles. The van der Waals surface area contributed by atoms with Crippen LogP contribution in [0.1, 0.15) is 0 Å². The zero-order valence-electron chi connectivity index (χ0n) is 20.4. The molecule has 6 aromatic rings. The van der Waals surface area contributed by atoms with Crippen LogP contribution >= 0.6 is 23.2 Å². The van der Waals surface area contributed by atoms with Gasteiger partial charge in [-0.3, -0.25) is 20.2 Å². The van der Waals surface area contributed by atoms with Crippen LogP contribution in [0.4, 0.5) is 42.9 Å². The van der Waals surface area contributed by atoms with Crippen LogP contribution < -0.4 is 10.6 Å². The Balaban J connectivity index is 0.000000168. The highest BCUT2D eigenvalue weighted by molar-refractivity contribution is 6.31. The van der Waals surface area contributed by atoms with Crippen molar-refractivity contribution in [1.29, 1.82) is 0 Å². The Labute approximate surface area is 241 Å². The van der Waals surface area contributed by atoms with Crippen molar-refractivity contribution in [2.45, 2.75) is 0 Å². The predicted molar refractivity (Wildman–Crippen MR) is 146 cm³/mol. The highest BCUT2D eigenvalue weighted by atomic mass is 35.5. The summed E-state index contributed by atoms with van der Waals surface area (Å²) in [5, 5.41) is 42.3. The maximum atomic E-state index is 13.3. The first-order valence-corrected chi connectivity index (χ1v) is 12.1. The zero-order chi connectivity index (χ0) is 30.0. The van der Waals surface area contributed by atoms with Gasteiger partial charge in [0, 0.05) is 21.4 Å². The monoisotopic (exact) mass is 616 g/mol. The molecule has 2 heterocycles. The Morgan fingerprint density at radius 3 is 1.40 bits per heavy atom. The van der Waals surface area contributed by atoms with Crippen molar-refractivity contribution in [1.82, 2.24) is 20.6 Å². The first kappa shape index (κ1) is 28.1. The van der Waals surface area contributed by atoms with E-state index < -0.39 is 21.5 Å². The maximum Gasteiger partial charge on any atom is 0.323 e. The summed E-state index contributed by atoms with van der Waals surface area (Å²) in [5.74, 6) is -1.12. The molecule has 14 nitrogen and oxygen atoms in total. The molecule has 0 spiro atoms. The lowest BCUT2D eigenvalue weighted by molar-refractivity contribution is -0.382. The summed E-state index contributed by atoms with van der Waals surface area (Å²) >= 11 is 11.5. The van der Waals surface area contributed by atoms with E-state index in [-0.39, 0.29) is 66.2 Å². The summed E-state index contributed by atoms with van der Waals surface area (Å²) in [5.41, 5.74) is 0.713. The number of anilines is 4. The van der Waals surface area contributed by atoms with Crippen LogP contribution in [0.15, 0.2) is 69.9 Å². The molecule has 0 fully saturated rings. The molecule has 0 unspecified atom stereocenters. The first-order chi connectivity index (χ1) is 20.1. The Bertz CT molecular complexity index is 1800. The van der Waals surface area contributed by atoms with Crippen molar-refractivity contribution >= 4 is 79.4 Å². The average molecular weight is 617 g/mol. The molecule has 4 aromatic carbocycles. The fourth-order valence-corrected chi connectivity index (χ4v) is 4.25. The molecule has 212 valence electrons. The van der Waals surface area contributed by atoms with Crippen LogP contribution in [0, 0.1) is 31.9 Å². The number of nitrogens with one attached hydrogen (secondary N) is 2. The highest BCUT2D eigenvalue weighted by Gasteiger charge is 2.24. The number of nitrogens with zero attached hydrogens (tertiary/aromatic N) is 6. The minimum absolute atomic E-state index is 0.00694. The molecule has 0 radical (unpaired) electrons. The van der Waals surface area contributed by atoms with E-state index in [1.165, 1.54) is 48.5 Å². The molecular formula is C24H12Cl2F2N8O6. The molecule has 0 saturated carbocycles. The van der Waals surface area contributed by atoms with Gasteiger partial charge in [-0.15, -0.1) is 0 Å². The topological polar surface area (TPSA) is 188 Å². The van der Waals surface area contributed by atoms with E-state index in [1.54, 1.807) is 0 Å². The summed E-state index contributed by atoms with van der Waals surface area (Å²) < 4.78 is 35.6. The minimum atomic E-state index is -0.615. The second-order valence-corrected chi connectivity index (χ2v) is 9.14. The summed E-state index contributed by atoms with van der Waals surface area (Å²) in [6, 6.07) is 13.4. The van der Waals surface area contributed by atoms with Gasteiger partial charge in [-0.05, 0) is 81.3 Å². The van der Waals surface area contributed by atoms with Crippen molar-refractivity contribution < 1.29 is 27.9 Å². The van der Waals surface area contributed by atoms with Gasteiger partial charge >= 0.3 is 11.4 Å². The van der Waals surface area contributed by atoms with Crippen molar-refractivity contribution in [3.05, 3.63) is 103 Å². The molecular weight excluding hydrogens is 605 g/mol. The predicted octanol–water partition coefficient (Wildman–Crippen LogP) is 7.33. The summed E-state index contributed by atoms with van der Waals surface area (Å²) in [6.07, 6.45) is 0. The Morgan fingerprint density at radius 2 is 1.05 bits per heavy atom. The van der Waals surface area contributed by atoms with Crippen LogP contribution in [0.5, 0.6) is 0 Å². The van der Waals surface area contributed by atoms with Gasteiger partial charge in [0.2, 0.25) is 11.0 Å². The fourth-order valence-electron chi connectivity index (χ4n) is 3.81. The number of nitro benzene ring substituents is 2. The number of hydrogen-bond acceptors (Lipinski definition) is 12. The summed E-state index contributed by atoms with van der Waals surface area (Å²) in [6.45, 7) is 0. The lowest BCUT2D eigenvalue weighted by Gasteiger charge is -2.07. The van der Waals surface area contributed by atoms with Gasteiger partial charge in [0.1, 0.15) is 34.0 Å². The lowest BCUT2D eigenvalue weighted by atomic mass is 10.2. The molecule has 0 aliphatic rings. The van der Waals surface area contributed by atoms with Gasteiger partial charge in [-0.1, -0.05) is 23.2 Å². The lowest BCUT2D eigenvalue weighted by Crippen LogP contribution is -1.98. The van der Waals surface area contributed by atoms with Crippen LogP contribution in [-0.2, 0) is 0 Å². The van der Waals surface area contributed by atoms with Crippen LogP contribution in [0.25, 0.3) is 22.1 Å². The molecule has 0 aliphatic heterocycles. The van der Waals surface area contributed by atoms with Gasteiger partial charge < -0.3 is 10.6 Å². The van der Waals surface area contributed by atoms with Crippen molar-refractivity contribution in [2.24, 2.45) is 0 Å². The van der Waals surface area contributed by atoms with E-state index in [2.05, 4.69) is 40.5 Å². The number of nitro groups is 2. The Hall–Kier alpha value is -5.48. The number of benzene rings is 4. The van der Waals surface area contributed by atoms with Gasteiger partial charge in [0.15, 0.2) is 0 Å². The molecule has 2 N–H and O–H groups in total. The number of aromatic nitrogens is 4. The Kier molecular flexibility index (Phi) is 7.72. The smallest absolute Gasteiger partial charge is 0.323 e. The highest BCUT2D eigenvalue weighted by Crippen LogP contribution is 2.35. The standard InChI is InChI=1S/2C12H6ClFN4O3/c2*13-6-3-7(14)5-8(4-6)15-10-2-1-9-11(17-21-16-9)12(10)18(19)20/h2*1-5,15H. The molecule has 0 saturated heterocycles. The largest absolute Gasteiger partial charge is 0.350 e. The van der Waals surface area contributed by atoms with Crippen LogP contribution in [0.3, 0.4) is 0 Å². The Morgan fingerprint density at radius 1 is 0.643 bits per heavy atom. The number of rotatable bonds is 6. The van der Waals surface area contributed by atoms with Gasteiger partial charge in [0.05, 0.1) is 9.85 Å². The molecule has 2 aromatic heterocycles. The van der Waals surface area contributed by atoms with Crippen LogP contribution in [0.2, 0.25) is 10.0 Å². The second-order valence-electron chi connectivity index (χ2n) is 8.27. The van der Waals surface area contributed by atoms with Gasteiger partial charge in [-0.25, -0.2) is 18.0 Å². The number of halogens is 4. The van der Waals surface area contributed by atoms with E-state index in [4.69, 9.17) is 23.2 Å². The maximum absolute atomic E-state index is 13.3. The van der Waals surface area contributed by atoms with Crippen molar-refractivity contribution in [3.63, 3.8) is 0 Å². The van der Waals surface area contributed by atoms with Crippen molar-refractivity contribution in [3.8, 4) is 0 Å². The third kappa shape index (κ3) is 5.98. The molecule has 0 bridgehead atoms. The number of hydrogen-bond donors (Lipinski definition) is 2. The third-order valence-corrected chi connectivity index (χ3v) is 5.89. The van der Waals surface area contributed by atoms with E-state index in [0.29, 0.717) is 0 Å². The second kappa shape index (κ2) is 11.6.